The number of carbonyl (C=O) groups is 2. The van der Waals surface area contributed by atoms with E-state index in [0.29, 0.717) is 10.6 Å². The van der Waals surface area contributed by atoms with E-state index in [-0.39, 0.29) is 33.2 Å². The van der Waals surface area contributed by atoms with Gasteiger partial charge >= 0.3 is 0 Å². The molecule has 3 aromatic rings. The zero-order valence-corrected chi connectivity index (χ0v) is 24.5. The predicted molar refractivity (Wildman–Crippen MR) is 152 cm³/mol. The number of sulfonamides is 1. The van der Waals surface area contributed by atoms with Crippen LogP contribution in [-0.4, -0.2) is 43.8 Å². The van der Waals surface area contributed by atoms with Gasteiger partial charge in [0.05, 0.1) is 15.6 Å². The van der Waals surface area contributed by atoms with Crippen LogP contribution < -0.4 is 9.62 Å². The molecule has 12 heteroatoms. The van der Waals surface area contributed by atoms with E-state index in [1.165, 1.54) is 48.2 Å². The van der Waals surface area contributed by atoms with Crippen LogP contribution in [0, 0.1) is 5.82 Å². The Morgan fingerprint density at radius 3 is 2.18 bits per heavy atom. The smallest absolute Gasteiger partial charge is 0.264 e. The third kappa shape index (κ3) is 7.63. The van der Waals surface area contributed by atoms with Crippen LogP contribution in [0.4, 0.5) is 10.1 Å². The van der Waals surface area contributed by atoms with E-state index < -0.39 is 40.2 Å². The highest BCUT2D eigenvalue weighted by Gasteiger charge is 2.33. The van der Waals surface area contributed by atoms with Gasteiger partial charge < -0.3 is 10.2 Å². The predicted octanol–water partition coefficient (Wildman–Crippen LogP) is 5.92. The fraction of sp³-hybridized carbons (Fsp3) is 0.259. The SMILES string of the molecule is CC(C)NC(=O)[C@@H](C)N(Cc1ccc(Cl)cc1Cl)C(=O)CN(c1ccc(F)c(Cl)c1)S(=O)(=O)c1ccccc1. The van der Waals surface area contributed by atoms with Crippen molar-refractivity contribution in [1.82, 2.24) is 10.2 Å². The summed E-state index contributed by atoms with van der Waals surface area (Å²) < 4.78 is 42.2. The summed E-state index contributed by atoms with van der Waals surface area (Å²) in [5.74, 6) is -1.89. The lowest BCUT2D eigenvalue weighted by atomic mass is 10.1. The molecule has 0 heterocycles. The average Bonchev–Trinajstić information content (AvgIpc) is 2.88. The van der Waals surface area contributed by atoms with Crippen molar-refractivity contribution in [3.63, 3.8) is 0 Å². The van der Waals surface area contributed by atoms with Gasteiger partial charge in [-0.1, -0.05) is 59.1 Å². The van der Waals surface area contributed by atoms with Gasteiger partial charge in [-0.3, -0.25) is 13.9 Å². The lowest BCUT2D eigenvalue weighted by Gasteiger charge is -2.32. The number of halogens is 4. The van der Waals surface area contributed by atoms with E-state index in [1.807, 2.05) is 0 Å². The van der Waals surface area contributed by atoms with Gasteiger partial charge in [0.15, 0.2) is 0 Å². The Morgan fingerprint density at radius 1 is 0.923 bits per heavy atom. The van der Waals surface area contributed by atoms with E-state index in [1.54, 1.807) is 32.0 Å². The third-order valence-corrected chi connectivity index (χ3v) is 8.42. The van der Waals surface area contributed by atoms with E-state index >= 15 is 0 Å². The van der Waals surface area contributed by atoms with Crippen LogP contribution in [0.3, 0.4) is 0 Å². The van der Waals surface area contributed by atoms with Crippen molar-refractivity contribution in [3.05, 3.63) is 93.2 Å². The number of rotatable bonds is 10. The Hall–Kier alpha value is -2.85. The van der Waals surface area contributed by atoms with Gasteiger partial charge in [-0.25, -0.2) is 12.8 Å². The molecule has 0 aromatic heterocycles. The first-order valence-corrected chi connectivity index (χ1v) is 14.4. The fourth-order valence-electron chi connectivity index (χ4n) is 3.71. The lowest BCUT2D eigenvalue weighted by molar-refractivity contribution is -0.139. The van der Waals surface area contributed by atoms with Crippen molar-refractivity contribution in [2.45, 2.75) is 44.3 Å². The maximum Gasteiger partial charge on any atom is 0.264 e. The summed E-state index contributed by atoms with van der Waals surface area (Å²) in [7, 11) is -4.30. The Morgan fingerprint density at radius 2 is 1.59 bits per heavy atom. The van der Waals surface area contributed by atoms with Gasteiger partial charge in [0, 0.05) is 22.6 Å². The zero-order valence-electron chi connectivity index (χ0n) is 21.4. The Bertz CT molecular complexity index is 1460. The topological polar surface area (TPSA) is 86.8 Å². The monoisotopic (exact) mass is 613 g/mol. The number of nitrogens with one attached hydrogen (secondary N) is 1. The summed E-state index contributed by atoms with van der Waals surface area (Å²) in [5.41, 5.74) is 0.475. The van der Waals surface area contributed by atoms with Crippen molar-refractivity contribution in [1.29, 1.82) is 0 Å². The minimum Gasteiger partial charge on any atom is -0.352 e. The van der Waals surface area contributed by atoms with Crippen molar-refractivity contribution in [2.75, 3.05) is 10.8 Å². The molecular weight excluding hydrogens is 588 g/mol. The molecule has 0 aliphatic rings. The van der Waals surface area contributed by atoms with Gasteiger partial charge in [0.2, 0.25) is 11.8 Å². The second kappa shape index (κ2) is 13.0. The molecule has 0 aliphatic carbocycles. The fourth-order valence-corrected chi connectivity index (χ4v) is 5.78. The summed E-state index contributed by atoms with van der Waals surface area (Å²) in [6.45, 7) is 4.28. The van der Waals surface area contributed by atoms with E-state index in [4.69, 9.17) is 34.8 Å². The minimum atomic E-state index is -4.30. The Labute approximate surface area is 242 Å². The van der Waals surface area contributed by atoms with Crippen LogP contribution in [0.15, 0.2) is 71.6 Å². The normalized spacial score (nSPS) is 12.2. The number of amides is 2. The van der Waals surface area contributed by atoms with Crippen LogP contribution in [-0.2, 0) is 26.2 Å². The molecule has 1 N–H and O–H groups in total. The van der Waals surface area contributed by atoms with E-state index in [2.05, 4.69) is 5.32 Å². The average molecular weight is 615 g/mol. The molecule has 1 atom stereocenters. The van der Waals surface area contributed by atoms with E-state index in [0.717, 1.165) is 16.4 Å². The summed E-state index contributed by atoms with van der Waals surface area (Å²) in [6, 6.07) is 14.4. The zero-order chi connectivity index (χ0) is 28.9. The first kappa shape index (κ1) is 30.7. The summed E-state index contributed by atoms with van der Waals surface area (Å²) in [4.78, 5) is 27.9. The summed E-state index contributed by atoms with van der Waals surface area (Å²) in [6.07, 6.45) is 0. The van der Waals surface area contributed by atoms with Gasteiger partial charge in [-0.05, 0) is 68.8 Å². The van der Waals surface area contributed by atoms with E-state index in [9.17, 15) is 22.4 Å². The molecule has 0 aliphatic heterocycles. The molecule has 0 unspecified atom stereocenters. The van der Waals surface area contributed by atoms with Crippen molar-refractivity contribution < 1.29 is 22.4 Å². The van der Waals surface area contributed by atoms with Gasteiger partial charge in [-0.2, -0.15) is 0 Å². The van der Waals surface area contributed by atoms with Crippen LogP contribution in [0.2, 0.25) is 15.1 Å². The molecule has 2 amide bonds. The van der Waals surface area contributed by atoms with Gasteiger partial charge in [-0.15, -0.1) is 0 Å². The summed E-state index contributed by atoms with van der Waals surface area (Å²) >= 11 is 18.3. The largest absolute Gasteiger partial charge is 0.352 e. The molecule has 39 heavy (non-hydrogen) atoms. The van der Waals surface area contributed by atoms with Crippen LogP contribution in [0.1, 0.15) is 26.3 Å². The van der Waals surface area contributed by atoms with Gasteiger partial charge in [0.1, 0.15) is 18.4 Å². The second-order valence-corrected chi connectivity index (χ2v) is 12.1. The summed E-state index contributed by atoms with van der Waals surface area (Å²) in [5, 5.41) is 3.11. The molecule has 208 valence electrons. The highest BCUT2D eigenvalue weighted by Crippen LogP contribution is 2.29. The molecule has 7 nitrogen and oxygen atoms in total. The maximum absolute atomic E-state index is 13.9. The molecule has 0 fully saturated rings. The second-order valence-electron chi connectivity index (χ2n) is 9.02. The lowest BCUT2D eigenvalue weighted by Crippen LogP contribution is -2.52. The van der Waals surface area contributed by atoms with Crippen LogP contribution >= 0.6 is 34.8 Å². The Kier molecular flexibility index (Phi) is 10.2. The quantitative estimate of drug-likeness (QED) is 0.307. The van der Waals surface area contributed by atoms with Crippen LogP contribution in [0.25, 0.3) is 0 Å². The standard InChI is InChI=1S/C27H27Cl3FN3O4S/c1-17(2)32-27(36)18(3)33(15-19-9-10-20(28)13-23(19)29)26(35)16-34(21-11-12-25(31)24(30)14-21)39(37,38)22-7-5-4-6-8-22/h4-14,17-18H,15-16H2,1-3H3,(H,32,36)/t18-/m1/s1. The van der Waals surface area contributed by atoms with Gasteiger partial charge in [0.25, 0.3) is 10.0 Å². The highest BCUT2D eigenvalue weighted by atomic mass is 35.5. The highest BCUT2D eigenvalue weighted by molar-refractivity contribution is 7.92. The van der Waals surface area contributed by atoms with Crippen molar-refractivity contribution in [3.8, 4) is 0 Å². The molecular formula is C27H27Cl3FN3O4S. The number of hydrogen-bond donors (Lipinski definition) is 1. The molecule has 0 radical (unpaired) electrons. The first-order chi connectivity index (χ1) is 18.3. The number of carbonyl (C=O) groups excluding carboxylic acids is 2. The van der Waals surface area contributed by atoms with Crippen molar-refractivity contribution in [2.24, 2.45) is 0 Å². The third-order valence-electron chi connectivity index (χ3n) is 5.76. The van der Waals surface area contributed by atoms with Crippen LogP contribution in [0.5, 0.6) is 0 Å². The number of anilines is 1. The first-order valence-electron chi connectivity index (χ1n) is 11.9. The number of benzene rings is 3. The molecule has 0 saturated carbocycles. The number of hydrogen-bond acceptors (Lipinski definition) is 4. The van der Waals surface area contributed by atoms with Crippen molar-refractivity contribution >= 4 is 62.3 Å². The molecule has 0 bridgehead atoms. The minimum absolute atomic E-state index is 0.0256. The molecule has 0 saturated heterocycles. The Balaban J connectivity index is 2.07. The number of nitrogens with zero attached hydrogens (tertiary/aromatic N) is 2. The molecule has 3 rings (SSSR count). The molecule has 0 spiro atoms. The maximum atomic E-state index is 13.9. The molecule has 3 aromatic carbocycles.